The lowest BCUT2D eigenvalue weighted by Gasteiger charge is -2.21. The van der Waals surface area contributed by atoms with E-state index in [1.807, 2.05) is 72.8 Å². The molecule has 3 aromatic rings. The van der Waals surface area contributed by atoms with E-state index in [0.29, 0.717) is 12.1 Å². The average Bonchev–Trinajstić information content (AvgIpc) is 2.63. The van der Waals surface area contributed by atoms with Crippen molar-refractivity contribution in [2.45, 2.75) is 12.5 Å². The molecule has 24 heavy (non-hydrogen) atoms. The van der Waals surface area contributed by atoms with Crippen LogP contribution >= 0.6 is 0 Å². The molecular weight excluding hydrogens is 296 g/mol. The van der Waals surface area contributed by atoms with Gasteiger partial charge in [0.15, 0.2) is 0 Å². The minimum atomic E-state index is -0.0410. The molecule has 3 N–H and O–H groups in total. The standard InChI is InChI=1S/C21H20N2O/c22-20(16-7-3-1-4-8-16)15-21(17-11-13-19(24)14-12-17)23-18-9-5-2-6-10-18/h1-14,21-24H,15H2. The summed E-state index contributed by atoms with van der Waals surface area (Å²) in [5, 5.41) is 21.4. The molecule has 0 saturated heterocycles. The van der Waals surface area contributed by atoms with Crippen LogP contribution < -0.4 is 5.32 Å². The van der Waals surface area contributed by atoms with Crippen LogP contribution in [0.1, 0.15) is 23.6 Å². The van der Waals surface area contributed by atoms with Crippen molar-refractivity contribution in [2.24, 2.45) is 0 Å². The summed E-state index contributed by atoms with van der Waals surface area (Å²) in [7, 11) is 0. The largest absolute Gasteiger partial charge is 0.508 e. The molecule has 3 aromatic carbocycles. The van der Waals surface area contributed by atoms with Crippen LogP contribution in [0.2, 0.25) is 0 Å². The smallest absolute Gasteiger partial charge is 0.115 e. The number of para-hydroxylation sites is 1. The molecule has 0 amide bonds. The molecule has 1 unspecified atom stereocenters. The van der Waals surface area contributed by atoms with Gasteiger partial charge in [-0.2, -0.15) is 0 Å². The highest BCUT2D eigenvalue weighted by molar-refractivity contribution is 5.98. The van der Waals surface area contributed by atoms with Gasteiger partial charge in [-0.25, -0.2) is 0 Å². The Morgan fingerprint density at radius 1 is 0.833 bits per heavy atom. The van der Waals surface area contributed by atoms with Crippen molar-refractivity contribution in [3.8, 4) is 5.75 Å². The molecule has 3 rings (SSSR count). The van der Waals surface area contributed by atoms with Gasteiger partial charge in [0, 0.05) is 17.8 Å². The van der Waals surface area contributed by atoms with Crippen molar-refractivity contribution in [2.75, 3.05) is 5.32 Å². The highest BCUT2D eigenvalue weighted by Gasteiger charge is 2.15. The van der Waals surface area contributed by atoms with Crippen molar-refractivity contribution in [3.05, 3.63) is 96.1 Å². The predicted octanol–water partition coefficient (Wildman–Crippen LogP) is 5.00. The van der Waals surface area contributed by atoms with E-state index >= 15 is 0 Å². The molecule has 0 bridgehead atoms. The molecule has 120 valence electrons. The molecule has 0 spiro atoms. The molecule has 3 nitrogen and oxygen atoms in total. The normalized spacial score (nSPS) is 11.7. The molecule has 1 atom stereocenters. The number of rotatable bonds is 6. The van der Waals surface area contributed by atoms with Crippen LogP contribution in [-0.4, -0.2) is 10.8 Å². The summed E-state index contributed by atoms with van der Waals surface area (Å²) < 4.78 is 0. The summed E-state index contributed by atoms with van der Waals surface area (Å²) in [6.45, 7) is 0. The van der Waals surface area contributed by atoms with Gasteiger partial charge in [-0.1, -0.05) is 60.7 Å². The van der Waals surface area contributed by atoms with Crippen LogP contribution in [0.5, 0.6) is 5.75 Å². The highest BCUT2D eigenvalue weighted by Crippen LogP contribution is 2.25. The fraction of sp³-hybridized carbons (Fsp3) is 0.0952. The number of nitrogens with one attached hydrogen (secondary N) is 2. The lowest BCUT2D eigenvalue weighted by molar-refractivity contribution is 0.475. The summed E-state index contributed by atoms with van der Waals surface area (Å²) in [5.41, 5.74) is 3.56. The minimum absolute atomic E-state index is 0.0410. The van der Waals surface area contributed by atoms with E-state index in [1.165, 1.54) is 0 Å². The van der Waals surface area contributed by atoms with Crippen LogP contribution in [-0.2, 0) is 0 Å². The van der Waals surface area contributed by atoms with Gasteiger partial charge in [0.1, 0.15) is 5.75 Å². The zero-order valence-electron chi connectivity index (χ0n) is 13.3. The van der Waals surface area contributed by atoms with Crippen LogP contribution in [0.15, 0.2) is 84.9 Å². The fourth-order valence-corrected chi connectivity index (χ4v) is 2.66. The lowest BCUT2D eigenvalue weighted by atomic mass is 9.97. The predicted molar refractivity (Wildman–Crippen MR) is 98.8 cm³/mol. The van der Waals surface area contributed by atoms with E-state index in [0.717, 1.165) is 16.8 Å². The lowest BCUT2D eigenvalue weighted by Crippen LogP contribution is -2.15. The van der Waals surface area contributed by atoms with Crippen LogP contribution in [0.25, 0.3) is 0 Å². The summed E-state index contributed by atoms with van der Waals surface area (Å²) in [6, 6.07) is 26.9. The molecule has 0 saturated carbocycles. The van der Waals surface area contributed by atoms with Gasteiger partial charge in [0.05, 0.1) is 6.04 Å². The van der Waals surface area contributed by atoms with Gasteiger partial charge < -0.3 is 15.8 Å². The second kappa shape index (κ2) is 7.47. The third-order valence-electron chi connectivity index (χ3n) is 3.94. The molecule has 0 aliphatic heterocycles. The Hall–Kier alpha value is -3.07. The van der Waals surface area contributed by atoms with Crippen molar-refractivity contribution < 1.29 is 5.11 Å². The fourth-order valence-electron chi connectivity index (χ4n) is 2.66. The van der Waals surface area contributed by atoms with Crippen molar-refractivity contribution in [3.63, 3.8) is 0 Å². The summed E-state index contributed by atoms with van der Waals surface area (Å²) in [6.07, 6.45) is 0.559. The second-order valence-corrected chi connectivity index (χ2v) is 5.70. The van der Waals surface area contributed by atoms with Crippen LogP contribution in [0, 0.1) is 5.41 Å². The summed E-state index contributed by atoms with van der Waals surface area (Å²) in [4.78, 5) is 0. The van der Waals surface area contributed by atoms with E-state index in [1.54, 1.807) is 12.1 Å². The Kier molecular flexibility index (Phi) is 4.92. The Balaban J connectivity index is 1.84. The Bertz CT molecular complexity index is 783. The number of aromatic hydroxyl groups is 1. The first-order valence-electron chi connectivity index (χ1n) is 7.96. The summed E-state index contributed by atoms with van der Waals surface area (Å²) >= 11 is 0. The molecule has 0 aromatic heterocycles. The molecule has 3 heteroatoms. The first-order valence-corrected chi connectivity index (χ1v) is 7.96. The van der Waals surface area contributed by atoms with E-state index < -0.39 is 0 Å². The molecular formula is C21H20N2O. The average molecular weight is 316 g/mol. The van der Waals surface area contributed by atoms with Gasteiger partial charge >= 0.3 is 0 Å². The number of anilines is 1. The number of phenols is 1. The van der Waals surface area contributed by atoms with Crippen LogP contribution in [0.3, 0.4) is 0 Å². The Morgan fingerprint density at radius 2 is 1.42 bits per heavy atom. The van der Waals surface area contributed by atoms with Gasteiger partial charge in [0.25, 0.3) is 0 Å². The first kappa shape index (κ1) is 15.8. The Morgan fingerprint density at radius 3 is 2.04 bits per heavy atom. The monoisotopic (exact) mass is 316 g/mol. The van der Waals surface area contributed by atoms with Crippen molar-refractivity contribution in [1.29, 1.82) is 5.41 Å². The van der Waals surface area contributed by atoms with Crippen molar-refractivity contribution in [1.82, 2.24) is 0 Å². The zero-order valence-corrected chi connectivity index (χ0v) is 13.3. The quantitative estimate of drug-likeness (QED) is 0.560. The zero-order chi connectivity index (χ0) is 16.8. The molecule has 0 aliphatic rings. The molecule has 0 heterocycles. The van der Waals surface area contributed by atoms with Gasteiger partial charge in [-0.15, -0.1) is 0 Å². The number of benzene rings is 3. The Labute approximate surface area is 142 Å². The maximum absolute atomic E-state index is 9.53. The highest BCUT2D eigenvalue weighted by atomic mass is 16.3. The van der Waals surface area contributed by atoms with E-state index in [4.69, 9.17) is 5.41 Å². The van der Waals surface area contributed by atoms with E-state index in [9.17, 15) is 5.11 Å². The maximum Gasteiger partial charge on any atom is 0.115 e. The van der Waals surface area contributed by atoms with E-state index in [2.05, 4.69) is 5.32 Å². The SMILES string of the molecule is N=C(CC(Nc1ccccc1)c1ccc(O)cc1)c1ccccc1. The van der Waals surface area contributed by atoms with E-state index in [-0.39, 0.29) is 11.8 Å². The number of phenolic OH excluding ortho intramolecular Hbond substituents is 1. The van der Waals surface area contributed by atoms with Crippen molar-refractivity contribution >= 4 is 11.4 Å². The number of hydrogen-bond donors (Lipinski definition) is 3. The topological polar surface area (TPSA) is 56.1 Å². The van der Waals surface area contributed by atoms with Gasteiger partial charge in [-0.3, -0.25) is 0 Å². The minimum Gasteiger partial charge on any atom is -0.508 e. The first-order chi connectivity index (χ1) is 11.7. The maximum atomic E-state index is 9.53. The third kappa shape index (κ3) is 4.02. The van der Waals surface area contributed by atoms with Gasteiger partial charge in [0.2, 0.25) is 0 Å². The molecule has 0 radical (unpaired) electrons. The van der Waals surface area contributed by atoms with Gasteiger partial charge in [-0.05, 0) is 35.4 Å². The van der Waals surface area contributed by atoms with Crippen LogP contribution in [0.4, 0.5) is 5.69 Å². The second-order valence-electron chi connectivity index (χ2n) is 5.70. The molecule has 0 aliphatic carbocycles. The number of hydrogen-bond acceptors (Lipinski definition) is 3. The third-order valence-corrected chi connectivity index (χ3v) is 3.94. The molecule has 0 fully saturated rings. The summed E-state index contributed by atoms with van der Waals surface area (Å²) in [5.74, 6) is 0.246.